The number of halogens is 1. The summed E-state index contributed by atoms with van der Waals surface area (Å²) >= 11 is 0. The van der Waals surface area contributed by atoms with Crippen molar-refractivity contribution in [2.24, 2.45) is 5.92 Å². The van der Waals surface area contributed by atoms with Gasteiger partial charge in [-0.15, -0.1) is 0 Å². The van der Waals surface area contributed by atoms with E-state index in [0.29, 0.717) is 11.6 Å². The van der Waals surface area contributed by atoms with Crippen molar-refractivity contribution in [3.05, 3.63) is 11.9 Å². The van der Waals surface area contributed by atoms with Crippen LogP contribution >= 0.6 is 10.7 Å². The highest BCUT2D eigenvalue weighted by atomic mass is 35.7. The topological polar surface area (TPSA) is 52.0 Å². The Morgan fingerprint density at radius 2 is 2.12 bits per heavy atom. The first-order valence-corrected chi connectivity index (χ1v) is 7.76. The molecule has 0 atom stereocenters. The molecule has 0 amide bonds. The van der Waals surface area contributed by atoms with Gasteiger partial charge < -0.3 is 0 Å². The van der Waals surface area contributed by atoms with Crippen molar-refractivity contribution in [2.75, 3.05) is 0 Å². The summed E-state index contributed by atoms with van der Waals surface area (Å²) in [6, 6.07) is 0. The van der Waals surface area contributed by atoms with Crippen molar-refractivity contribution in [1.82, 2.24) is 9.78 Å². The summed E-state index contributed by atoms with van der Waals surface area (Å²) in [5, 5.41) is 4.19. The average Bonchev–Trinajstić information content (AvgIpc) is 2.74. The first kappa shape index (κ1) is 11.9. The number of rotatable bonds is 3. The summed E-state index contributed by atoms with van der Waals surface area (Å²) in [6.45, 7) is 2.47. The van der Waals surface area contributed by atoms with Crippen molar-refractivity contribution in [3.63, 3.8) is 0 Å². The van der Waals surface area contributed by atoms with Crippen LogP contribution < -0.4 is 0 Å². The van der Waals surface area contributed by atoms with Gasteiger partial charge in [-0.3, -0.25) is 4.68 Å². The molecule has 16 heavy (non-hydrogen) atoms. The third-order valence-corrected chi connectivity index (χ3v) is 4.51. The van der Waals surface area contributed by atoms with E-state index in [-0.39, 0.29) is 4.90 Å². The van der Waals surface area contributed by atoms with E-state index >= 15 is 0 Å². The molecule has 0 aliphatic heterocycles. The molecule has 1 saturated carbocycles. The highest BCUT2D eigenvalue weighted by Crippen LogP contribution is 2.27. The zero-order chi connectivity index (χ0) is 11.8. The summed E-state index contributed by atoms with van der Waals surface area (Å²) in [6.07, 6.45) is 6.50. The first-order chi connectivity index (χ1) is 7.47. The maximum atomic E-state index is 11.2. The summed E-state index contributed by atoms with van der Waals surface area (Å²) in [5.41, 5.74) is 0.480. The minimum Gasteiger partial charge on any atom is -0.271 e. The van der Waals surface area contributed by atoms with Crippen LogP contribution in [0.2, 0.25) is 0 Å². The van der Waals surface area contributed by atoms with Gasteiger partial charge >= 0.3 is 0 Å². The van der Waals surface area contributed by atoms with Crippen LogP contribution in [0.1, 0.15) is 31.4 Å². The van der Waals surface area contributed by atoms with E-state index in [2.05, 4.69) is 5.10 Å². The van der Waals surface area contributed by atoms with Gasteiger partial charge in [0.1, 0.15) is 4.90 Å². The maximum absolute atomic E-state index is 11.2. The standard InChI is InChI=1S/C10H15ClN2O2S/c1-8-10(16(11,14)15)7-13(12-8)6-9-4-2-3-5-9/h7,9H,2-6H2,1H3. The molecule has 1 aromatic rings. The van der Waals surface area contributed by atoms with Gasteiger partial charge in [0.25, 0.3) is 9.05 Å². The fourth-order valence-electron chi connectivity index (χ4n) is 2.29. The molecule has 90 valence electrons. The van der Waals surface area contributed by atoms with Gasteiger partial charge in [0, 0.05) is 23.4 Å². The lowest BCUT2D eigenvalue weighted by molar-refractivity contribution is 0.427. The summed E-state index contributed by atoms with van der Waals surface area (Å²) in [5.74, 6) is 0.630. The molecular weight excluding hydrogens is 248 g/mol. The number of hydrogen-bond donors (Lipinski definition) is 0. The predicted octanol–water partition coefficient (Wildman–Crippen LogP) is 2.31. The number of aryl methyl sites for hydroxylation is 1. The molecule has 1 aliphatic carbocycles. The van der Waals surface area contributed by atoms with E-state index in [9.17, 15) is 8.42 Å². The lowest BCUT2D eigenvalue weighted by atomic mass is 10.1. The monoisotopic (exact) mass is 262 g/mol. The smallest absolute Gasteiger partial charge is 0.264 e. The third kappa shape index (κ3) is 2.58. The highest BCUT2D eigenvalue weighted by molar-refractivity contribution is 8.13. The van der Waals surface area contributed by atoms with E-state index in [1.54, 1.807) is 11.6 Å². The molecule has 1 aliphatic rings. The molecular formula is C10H15ClN2O2S. The van der Waals surface area contributed by atoms with E-state index in [1.165, 1.54) is 31.9 Å². The molecule has 0 bridgehead atoms. The minimum absolute atomic E-state index is 0.132. The van der Waals surface area contributed by atoms with E-state index in [1.807, 2.05) is 0 Å². The Bertz CT molecular complexity index is 475. The van der Waals surface area contributed by atoms with Gasteiger partial charge in [0.2, 0.25) is 0 Å². The molecule has 2 rings (SSSR count). The number of hydrogen-bond acceptors (Lipinski definition) is 3. The van der Waals surface area contributed by atoms with Gasteiger partial charge in [-0.05, 0) is 25.7 Å². The van der Waals surface area contributed by atoms with Crippen LogP contribution in [0, 0.1) is 12.8 Å². The largest absolute Gasteiger partial charge is 0.271 e. The Balaban J connectivity index is 2.17. The van der Waals surface area contributed by atoms with Crippen LogP contribution in [0.25, 0.3) is 0 Å². The summed E-state index contributed by atoms with van der Waals surface area (Å²) < 4.78 is 24.1. The van der Waals surface area contributed by atoms with Crippen LogP contribution in [0.15, 0.2) is 11.1 Å². The molecule has 0 saturated heterocycles. The van der Waals surface area contributed by atoms with Gasteiger partial charge in [-0.2, -0.15) is 5.10 Å². The number of nitrogens with zero attached hydrogens (tertiary/aromatic N) is 2. The van der Waals surface area contributed by atoms with E-state index in [0.717, 1.165) is 6.54 Å². The van der Waals surface area contributed by atoms with Gasteiger partial charge in [0.05, 0.1) is 5.69 Å². The normalized spacial score (nSPS) is 18.1. The van der Waals surface area contributed by atoms with Crippen LogP contribution in [-0.2, 0) is 15.6 Å². The zero-order valence-corrected chi connectivity index (χ0v) is 10.8. The van der Waals surface area contributed by atoms with Crippen molar-refractivity contribution in [1.29, 1.82) is 0 Å². The molecule has 0 N–H and O–H groups in total. The molecule has 0 aromatic carbocycles. The Labute approximate surface area is 100 Å². The van der Waals surface area contributed by atoms with Crippen molar-refractivity contribution < 1.29 is 8.42 Å². The first-order valence-electron chi connectivity index (χ1n) is 5.45. The van der Waals surface area contributed by atoms with Crippen molar-refractivity contribution in [2.45, 2.75) is 44.0 Å². The molecule has 4 nitrogen and oxygen atoms in total. The van der Waals surface area contributed by atoms with E-state index < -0.39 is 9.05 Å². The molecule has 1 fully saturated rings. The lowest BCUT2D eigenvalue weighted by Crippen LogP contribution is -2.07. The van der Waals surface area contributed by atoms with Gasteiger partial charge in [-0.1, -0.05) is 12.8 Å². The Morgan fingerprint density at radius 1 is 1.50 bits per heavy atom. The lowest BCUT2D eigenvalue weighted by Gasteiger charge is -2.07. The average molecular weight is 263 g/mol. The van der Waals surface area contributed by atoms with Crippen LogP contribution in [-0.4, -0.2) is 18.2 Å². The van der Waals surface area contributed by atoms with Crippen molar-refractivity contribution >= 4 is 19.7 Å². The number of aromatic nitrogens is 2. The van der Waals surface area contributed by atoms with Crippen LogP contribution in [0.5, 0.6) is 0 Å². The minimum atomic E-state index is -3.66. The van der Waals surface area contributed by atoms with Crippen molar-refractivity contribution in [3.8, 4) is 0 Å². The molecule has 6 heteroatoms. The Hall–Kier alpha value is -0.550. The fourth-order valence-corrected chi connectivity index (χ4v) is 3.39. The quantitative estimate of drug-likeness (QED) is 0.786. The Morgan fingerprint density at radius 3 is 2.62 bits per heavy atom. The predicted molar refractivity (Wildman–Crippen MR) is 62.0 cm³/mol. The molecule has 0 radical (unpaired) electrons. The fraction of sp³-hybridized carbons (Fsp3) is 0.700. The Kier molecular flexibility index (Phi) is 3.26. The van der Waals surface area contributed by atoms with Crippen LogP contribution in [0.3, 0.4) is 0 Å². The van der Waals surface area contributed by atoms with Gasteiger partial charge in [0.15, 0.2) is 0 Å². The van der Waals surface area contributed by atoms with Gasteiger partial charge in [-0.25, -0.2) is 8.42 Å². The van der Waals surface area contributed by atoms with E-state index in [4.69, 9.17) is 10.7 Å². The highest BCUT2D eigenvalue weighted by Gasteiger charge is 2.20. The SMILES string of the molecule is Cc1nn(CC2CCCC2)cc1S(=O)(=O)Cl. The third-order valence-electron chi connectivity index (χ3n) is 3.08. The summed E-state index contributed by atoms with van der Waals surface area (Å²) in [7, 11) is 1.66. The zero-order valence-electron chi connectivity index (χ0n) is 9.19. The molecule has 0 unspecified atom stereocenters. The molecule has 1 aromatic heterocycles. The van der Waals surface area contributed by atoms with Crippen LogP contribution in [0.4, 0.5) is 0 Å². The molecule has 1 heterocycles. The second-order valence-corrected chi connectivity index (χ2v) is 6.92. The second kappa shape index (κ2) is 4.37. The molecule has 0 spiro atoms. The maximum Gasteiger partial charge on any atom is 0.264 e. The summed E-state index contributed by atoms with van der Waals surface area (Å²) in [4.78, 5) is 0.132. The second-order valence-electron chi connectivity index (χ2n) is 4.39.